The second kappa shape index (κ2) is 5.47. The third-order valence-corrected chi connectivity index (χ3v) is 3.07. The molecule has 0 amide bonds. The van der Waals surface area contributed by atoms with Gasteiger partial charge in [0.05, 0.1) is 0 Å². The van der Waals surface area contributed by atoms with Gasteiger partial charge in [0.15, 0.2) is 11.0 Å². The van der Waals surface area contributed by atoms with Crippen LogP contribution in [-0.4, -0.2) is 17.0 Å². The molecule has 17 heavy (non-hydrogen) atoms. The Balaban J connectivity index is 2.17. The molecule has 0 saturated carbocycles. The van der Waals surface area contributed by atoms with E-state index in [1.165, 1.54) is 5.56 Å². The molecule has 2 rings (SSSR count). The first kappa shape index (κ1) is 12.3. The van der Waals surface area contributed by atoms with Crippen LogP contribution in [-0.2, 0) is 6.54 Å². The van der Waals surface area contributed by atoms with Crippen LogP contribution in [0.15, 0.2) is 41.1 Å². The molecule has 0 atom stereocenters. The average Bonchev–Trinajstić information content (AvgIpc) is 2.29. The average molecular weight is 313 g/mol. The largest absolute Gasteiger partial charge is 0.353 e. The summed E-state index contributed by atoms with van der Waals surface area (Å²) in [7, 11) is 1.94. The molecule has 3 nitrogen and oxygen atoms in total. The second-order valence-corrected chi connectivity index (χ2v) is 4.93. The fourth-order valence-electron chi connectivity index (χ4n) is 1.55. The van der Waals surface area contributed by atoms with Crippen molar-refractivity contribution >= 4 is 33.3 Å². The van der Waals surface area contributed by atoms with Gasteiger partial charge in [-0.1, -0.05) is 39.7 Å². The van der Waals surface area contributed by atoms with Gasteiger partial charge in [-0.05, 0) is 17.7 Å². The van der Waals surface area contributed by atoms with Crippen molar-refractivity contribution in [3.8, 4) is 0 Å². The summed E-state index contributed by atoms with van der Waals surface area (Å²) >= 11 is 9.44. The highest BCUT2D eigenvalue weighted by Gasteiger charge is 2.08. The summed E-state index contributed by atoms with van der Waals surface area (Å²) < 4.78 is 1.06. The topological polar surface area (TPSA) is 29.0 Å². The van der Waals surface area contributed by atoms with E-state index in [0.29, 0.717) is 11.0 Å². The Bertz CT molecular complexity index is 519. The lowest BCUT2D eigenvalue weighted by Crippen LogP contribution is -2.18. The minimum atomic E-state index is 0.421. The summed E-state index contributed by atoms with van der Waals surface area (Å²) in [6, 6.07) is 8.14. The van der Waals surface area contributed by atoms with Crippen LogP contribution in [0.1, 0.15) is 5.56 Å². The first-order chi connectivity index (χ1) is 8.16. The minimum Gasteiger partial charge on any atom is -0.353 e. The van der Waals surface area contributed by atoms with Crippen LogP contribution < -0.4 is 4.90 Å². The molecule has 0 aliphatic carbocycles. The third-order valence-electron chi connectivity index (χ3n) is 2.31. The Morgan fingerprint density at radius 2 is 2.06 bits per heavy atom. The summed E-state index contributed by atoms with van der Waals surface area (Å²) in [6.07, 6.45) is 3.22. The minimum absolute atomic E-state index is 0.421. The second-order valence-electron chi connectivity index (χ2n) is 3.66. The molecule has 0 bridgehead atoms. The van der Waals surface area contributed by atoms with Gasteiger partial charge in [-0.25, -0.2) is 9.97 Å². The van der Waals surface area contributed by atoms with Crippen LogP contribution in [0.3, 0.4) is 0 Å². The van der Waals surface area contributed by atoms with Crippen molar-refractivity contribution in [1.82, 2.24) is 9.97 Å². The van der Waals surface area contributed by atoms with Crippen molar-refractivity contribution in [2.24, 2.45) is 0 Å². The number of hydrogen-bond donors (Lipinski definition) is 0. The standard InChI is InChI=1S/C12H11BrClN3/c1-17(12-11(14)15-5-6-16-12)8-9-3-2-4-10(13)7-9/h2-7H,8H2,1H3. The van der Waals surface area contributed by atoms with E-state index in [1.807, 2.05) is 24.1 Å². The number of anilines is 1. The number of benzene rings is 1. The van der Waals surface area contributed by atoms with E-state index >= 15 is 0 Å². The fraction of sp³-hybridized carbons (Fsp3) is 0.167. The molecule has 1 aromatic carbocycles. The highest BCUT2D eigenvalue weighted by atomic mass is 79.9. The number of nitrogens with zero attached hydrogens (tertiary/aromatic N) is 3. The van der Waals surface area contributed by atoms with Crippen molar-refractivity contribution in [3.63, 3.8) is 0 Å². The Kier molecular flexibility index (Phi) is 3.97. The summed E-state index contributed by atoms with van der Waals surface area (Å²) in [5.74, 6) is 0.689. The van der Waals surface area contributed by atoms with Crippen molar-refractivity contribution in [1.29, 1.82) is 0 Å². The molecule has 0 N–H and O–H groups in total. The highest BCUT2D eigenvalue weighted by Crippen LogP contribution is 2.21. The van der Waals surface area contributed by atoms with Gasteiger partial charge >= 0.3 is 0 Å². The van der Waals surface area contributed by atoms with E-state index in [9.17, 15) is 0 Å². The predicted octanol–water partition coefficient (Wildman–Crippen LogP) is 3.53. The number of aromatic nitrogens is 2. The summed E-state index contributed by atoms with van der Waals surface area (Å²) in [5, 5.41) is 0.421. The molecular weight excluding hydrogens is 302 g/mol. The molecule has 1 heterocycles. The van der Waals surface area contributed by atoms with Crippen LogP contribution in [0.5, 0.6) is 0 Å². The van der Waals surface area contributed by atoms with E-state index in [4.69, 9.17) is 11.6 Å². The number of halogens is 2. The molecule has 5 heteroatoms. The lowest BCUT2D eigenvalue weighted by Gasteiger charge is -2.18. The Morgan fingerprint density at radius 1 is 1.29 bits per heavy atom. The molecule has 0 spiro atoms. The van der Waals surface area contributed by atoms with Crippen LogP contribution in [0.2, 0.25) is 5.15 Å². The number of rotatable bonds is 3. The molecule has 0 aliphatic heterocycles. The highest BCUT2D eigenvalue weighted by molar-refractivity contribution is 9.10. The van der Waals surface area contributed by atoms with E-state index in [1.54, 1.807) is 12.4 Å². The zero-order valence-electron chi connectivity index (χ0n) is 9.27. The van der Waals surface area contributed by atoms with Gasteiger partial charge in [0.25, 0.3) is 0 Å². The van der Waals surface area contributed by atoms with E-state index in [-0.39, 0.29) is 0 Å². The molecule has 0 aliphatic rings. The van der Waals surface area contributed by atoms with Crippen LogP contribution in [0.25, 0.3) is 0 Å². The Labute approximate surface area is 114 Å². The van der Waals surface area contributed by atoms with Crippen LogP contribution >= 0.6 is 27.5 Å². The predicted molar refractivity (Wildman–Crippen MR) is 73.3 cm³/mol. The molecule has 1 aromatic heterocycles. The summed E-state index contributed by atoms with van der Waals surface area (Å²) in [6.45, 7) is 0.734. The van der Waals surface area contributed by atoms with Gasteiger partial charge in [-0.15, -0.1) is 0 Å². The van der Waals surface area contributed by atoms with Crippen LogP contribution in [0, 0.1) is 0 Å². The SMILES string of the molecule is CN(Cc1cccc(Br)c1)c1nccnc1Cl. The molecule has 0 radical (unpaired) electrons. The van der Waals surface area contributed by atoms with E-state index < -0.39 is 0 Å². The van der Waals surface area contributed by atoms with Crippen molar-refractivity contribution in [2.45, 2.75) is 6.54 Å². The quantitative estimate of drug-likeness (QED) is 0.868. The maximum Gasteiger partial charge on any atom is 0.171 e. The van der Waals surface area contributed by atoms with Gasteiger partial charge < -0.3 is 4.90 Å². The monoisotopic (exact) mass is 311 g/mol. The summed E-state index contributed by atoms with van der Waals surface area (Å²) in [4.78, 5) is 10.2. The molecular formula is C12H11BrClN3. The third kappa shape index (κ3) is 3.17. The maximum atomic E-state index is 5.99. The first-order valence-corrected chi connectivity index (χ1v) is 6.26. The normalized spacial score (nSPS) is 10.3. The van der Waals surface area contributed by atoms with Gasteiger partial charge in [0, 0.05) is 30.5 Å². The van der Waals surface area contributed by atoms with Gasteiger partial charge in [0.1, 0.15) is 0 Å². The van der Waals surface area contributed by atoms with Crippen molar-refractivity contribution < 1.29 is 0 Å². The molecule has 88 valence electrons. The number of hydrogen-bond acceptors (Lipinski definition) is 3. The van der Waals surface area contributed by atoms with Gasteiger partial charge in [-0.3, -0.25) is 0 Å². The zero-order valence-corrected chi connectivity index (χ0v) is 11.6. The van der Waals surface area contributed by atoms with Crippen LogP contribution in [0.4, 0.5) is 5.82 Å². The van der Waals surface area contributed by atoms with E-state index in [0.717, 1.165) is 11.0 Å². The maximum absolute atomic E-state index is 5.99. The van der Waals surface area contributed by atoms with E-state index in [2.05, 4.69) is 38.0 Å². The molecule has 0 saturated heterocycles. The molecule has 0 unspecified atom stereocenters. The first-order valence-electron chi connectivity index (χ1n) is 5.09. The summed E-state index contributed by atoms with van der Waals surface area (Å²) in [5.41, 5.74) is 1.18. The van der Waals surface area contributed by atoms with Gasteiger partial charge in [-0.2, -0.15) is 0 Å². The fourth-order valence-corrected chi connectivity index (χ4v) is 2.25. The molecule has 2 aromatic rings. The smallest absolute Gasteiger partial charge is 0.171 e. The van der Waals surface area contributed by atoms with Gasteiger partial charge in [0.2, 0.25) is 0 Å². The van der Waals surface area contributed by atoms with Crippen molar-refractivity contribution in [2.75, 3.05) is 11.9 Å². The Hall–Kier alpha value is -1.13. The van der Waals surface area contributed by atoms with Crippen molar-refractivity contribution in [3.05, 3.63) is 51.8 Å². The zero-order chi connectivity index (χ0) is 12.3. The lowest BCUT2D eigenvalue weighted by atomic mass is 10.2. The lowest BCUT2D eigenvalue weighted by molar-refractivity contribution is 0.889. The Morgan fingerprint density at radius 3 is 2.76 bits per heavy atom. The molecule has 0 fully saturated rings.